The first-order valence-electron chi connectivity index (χ1n) is 6.17. The molecule has 3 nitrogen and oxygen atoms in total. The molecule has 0 fully saturated rings. The molecule has 0 radical (unpaired) electrons. The fourth-order valence-corrected chi connectivity index (χ4v) is 2.16. The molecular weight excluding hydrogens is 240 g/mol. The van der Waals surface area contributed by atoms with Crippen LogP contribution in [0.3, 0.4) is 0 Å². The molecule has 0 saturated heterocycles. The van der Waals surface area contributed by atoms with E-state index in [1.807, 2.05) is 43.3 Å². The summed E-state index contributed by atoms with van der Waals surface area (Å²) in [5.41, 5.74) is 1.65. The molecule has 19 heavy (non-hydrogen) atoms. The quantitative estimate of drug-likeness (QED) is 0.771. The first kappa shape index (κ1) is 11.8. The van der Waals surface area contributed by atoms with E-state index in [0.29, 0.717) is 17.1 Å². The van der Waals surface area contributed by atoms with Crippen LogP contribution in [-0.4, -0.2) is 11.6 Å². The number of ether oxygens (including phenoxy) is 2. The number of Topliss-reactive ketones (excluding diaryl/α,β-unsaturated/α-hetero) is 1. The molecule has 0 N–H and O–H groups in total. The number of hydrogen-bond acceptors (Lipinski definition) is 3. The average molecular weight is 254 g/mol. The number of carbonyl (C=O) groups excluding carboxylic acids is 1. The van der Waals surface area contributed by atoms with Gasteiger partial charge in [-0.15, -0.1) is 0 Å². The Morgan fingerprint density at radius 3 is 2.42 bits per heavy atom. The van der Waals surface area contributed by atoms with Gasteiger partial charge in [-0.1, -0.05) is 36.4 Å². The van der Waals surface area contributed by atoms with Crippen LogP contribution in [0.1, 0.15) is 22.8 Å². The van der Waals surface area contributed by atoms with Gasteiger partial charge in [0.25, 0.3) is 0 Å². The van der Waals surface area contributed by atoms with Crippen LogP contribution in [-0.2, 0) is 0 Å². The summed E-state index contributed by atoms with van der Waals surface area (Å²) in [7, 11) is 0. The van der Waals surface area contributed by atoms with E-state index >= 15 is 0 Å². The van der Waals surface area contributed by atoms with Gasteiger partial charge in [0, 0.05) is 12.5 Å². The van der Waals surface area contributed by atoms with E-state index in [4.69, 9.17) is 9.47 Å². The first-order chi connectivity index (χ1) is 9.08. The smallest absolute Gasteiger partial charge is 0.313 e. The lowest BCUT2D eigenvalue weighted by atomic mass is 10.0. The molecule has 3 rings (SSSR count). The molecule has 96 valence electrons. The normalized spacial score (nSPS) is 20.3. The highest BCUT2D eigenvalue weighted by molar-refractivity contribution is 6.02. The minimum Gasteiger partial charge on any atom is -0.442 e. The summed E-state index contributed by atoms with van der Waals surface area (Å²) in [5.74, 6) is -0.233. The van der Waals surface area contributed by atoms with Crippen molar-refractivity contribution in [3.63, 3.8) is 0 Å². The third-order valence-electron chi connectivity index (χ3n) is 3.16. The summed E-state index contributed by atoms with van der Waals surface area (Å²) in [5, 5.41) is 0. The summed E-state index contributed by atoms with van der Waals surface area (Å²) in [6.07, 6.45) is 0. The Morgan fingerprint density at radius 1 is 1.00 bits per heavy atom. The van der Waals surface area contributed by atoms with E-state index in [-0.39, 0.29) is 5.78 Å². The second-order valence-electron chi connectivity index (χ2n) is 4.80. The molecule has 0 bridgehead atoms. The minimum atomic E-state index is -1.28. The molecule has 0 aliphatic carbocycles. The van der Waals surface area contributed by atoms with Crippen molar-refractivity contribution >= 4 is 5.78 Å². The zero-order chi connectivity index (χ0) is 13.5. The van der Waals surface area contributed by atoms with Crippen LogP contribution in [0.15, 0.2) is 48.5 Å². The lowest BCUT2D eigenvalue weighted by Crippen LogP contribution is -2.43. The van der Waals surface area contributed by atoms with Crippen LogP contribution in [0.2, 0.25) is 0 Å². The van der Waals surface area contributed by atoms with Gasteiger partial charge in [0.05, 0.1) is 0 Å². The third-order valence-corrected chi connectivity index (χ3v) is 3.16. The maximum absolute atomic E-state index is 12.5. The molecular formula is C16H14O3. The second kappa shape index (κ2) is 4.12. The van der Waals surface area contributed by atoms with Crippen LogP contribution in [0.5, 0.6) is 11.5 Å². The molecule has 1 aliphatic heterocycles. The number of hydrogen-bond donors (Lipinski definition) is 0. The van der Waals surface area contributed by atoms with Crippen molar-refractivity contribution in [1.82, 2.24) is 0 Å². The molecule has 0 saturated carbocycles. The predicted octanol–water partition coefficient (Wildman–Crippen LogP) is 3.37. The predicted molar refractivity (Wildman–Crippen MR) is 71.6 cm³/mol. The molecule has 1 unspecified atom stereocenters. The SMILES string of the molecule is Cc1ccc2c(c1)OC(C)(C(=O)c1ccccc1)O2. The highest BCUT2D eigenvalue weighted by atomic mass is 16.7. The summed E-state index contributed by atoms with van der Waals surface area (Å²) < 4.78 is 11.4. The van der Waals surface area contributed by atoms with Gasteiger partial charge in [0.15, 0.2) is 11.5 Å². The number of ketones is 1. The Bertz CT molecular complexity index is 634. The zero-order valence-corrected chi connectivity index (χ0v) is 10.8. The van der Waals surface area contributed by atoms with Crippen molar-refractivity contribution in [1.29, 1.82) is 0 Å². The van der Waals surface area contributed by atoms with Crippen LogP contribution >= 0.6 is 0 Å². The molecule has 0 aromatic heterocycles. The van der Waals surface area contributed by atoms with Crippen molar-refractivity contribution in [2.45, 2.75) is 19.6 Å². The maximum Gasteiger partial charge on any atom is 0.313 e. The molecule has 0 amide bonds. The van der Waals surface area contributed by atoms with E-state index in [1.165, 1.54) is 0 Å². The van der Waals surface area contributed by atoms with Crippen molar-refractivity contribution in [3.8, 4) is 11.5 Å². The number of benzene rings is 2. The topological polar surface area (TPSA) is 35.5 Å². The molecule has 2 aromatic carbocycles. The standard InChI is InChI=1S/C16H14O3/c1-11-8-9-13-14(10-11)19-16(2,18-13)15(17)12-6-4-3-5-7-12/h3-10H,1-2H3. The Labute approximate surface area is 111 Å². The second-order valence-corrected chi connectivity index (χ2v) is 4.80. The number of fused-ring (bicyclic) bond motifs is 1. The van der Waals surface area contributed by atoms with E-state index < -0.39 is 5.79 Å². The molecule has 3 heteroatoms. The van der Waals surface area contributed by atoms with Crippen LogP contribution in [0.4, 0.5) is 0 Å². The Morgan fingerprint density at radius 2 is 1.68 bits per heavy atom. The number of rotatable bonds is 2. The number of aryl methyl sites for hydroxylation is 1. The average Bonchev–Trinajstić information content (AvgIpc) is 2.75. The van der Waals surface area contributed by atoms with Crippen LogP contribution in [0, 0.1) is 6.92 Å². The van der Waals surface area contributed by atoms with Gasteiger partial charge < -0.3 is 9.47 Å². The molecule has 1 aliphatic rings. The summed E-state index contributed by atoms with van der Waals surface area (Å²) in [4.78, 5) is 12.5. The highest BCUT2D eigenvalue weighted by Crippen LogP contribution is 2.40. The van der Waals surface area contributed by atoms with E-state index in [2.05, 4.69) is 0 Å². The highest BCUT2D eigenvalue weighted by Gasteiger charge is 2.44. The minimum absolute atomic E-state index is 0.179. The maximum atomic E-state index is 12.5. The Kier molecular flexibility index (Phi) is 2.56. The Hall–Kier alpha value is -2.29. The van der Waals surface area contributed by atoms with Crippen molar-refractivity contribution in [3.05, 3.63) is 59.7 Å². The first-order valence-corrected chi connectivity index (χ1v) is 6.17. The van der Waals surface area contributed by atoms with Gasteiger partial charge in [-0.05, 0) is 24.6 Å². The van der Waals surface area contributed by atoms with Gasteiger partial charge >= 0.3 is 5.79 Å². The lowest BCUT2D eigenvalue weighted by Gasteiger charge is -2.21. The van der Waals surface area contributed by atoms with Crippen LogP contribution < -0.4 is 9.47 Å². The van der Waals surface area contributed by atoms with Gasteiger partial charge in [-0.2, -0.15) is 0 Å². The van der Waals surface area contributed by atoms with Crippen molar-refractivity contribution < 1.29 is 14.3 Å². The van der Waals surface area contributed by atoms with Crippen LogP contribution in [0.25, 0.3) is 0 Å². The van der Waals surface area contributed by atoms with Gasteiger partial charge in [0.1, 0.15) is 0 Å². The van der Waals surface area contributed by atoms with Crippen molar-refractivity contribution in [2.24, 2.45) is 0 Å². The molecule has 1 heterocycles. The monoisotopic (exact) mass is 254 g/mol. The van der Waals surface area contributed by atoms with Crippen molar-refractivity contribution in [2.75, 3.05) is 0 Å². The van der Waals surface area contributed by atoms with E-state index in [1.54, 1.807) is 19.1 Å². The fraction of sp³-hybridized carbons (Fsp3) is 0.188. The lowest BCUT2D eigenvalue weighted by molar-refractivity contribution is -0.0342. The zero-order valence-electron chi connectivity index (χ0n) is 10.8. The van der Waals surface area contributed by atoms with Gasteiger partial charge in [-0.3, -0.25) is 4.79 Å². The number of carbonyl (C=O) groups is 1. The summed E-state index contributed by atoms with van der Waals surface area (Å²) >= 11 is 0. The largest absolute Gasteiger partial charge is 0.442 e. The summed E-state index contributed by atoms with van der Waals surface area (Å²) in [6.45, 7) is 3.62. The molecule has 2 aromatic rings. The molecule has 0 spiro atoms. The van der Waals surface area contributed by atoms with E-state index in [9.17, 15) is 4.79 Å². The van der Waals surface area contributed by atoms with E-state index in [0.717, 1.165) is 5.56 Å². The third kappa shape index (κ3) is 1.97. The van der Waals surface area contributed by atoms with Gasteiger partial charge in [-0.25, -0.2) is 0 Å². The van der Waals surface area contributed by atoms with Gasteiger partial charge in [0.2, 0.25) is 5.78 Å². The fourth-order valence-electron chi connectivity index (χ4n) is 2.16. The Balaban J connectivity index is 1.93. The molecule has 1 atom stereocenters. The summed E-state index contributed by atoms with van der Waals surface area (Å²) in [6, 6.07) is 14.7.